The molecule has 0 amide bonds. The predicted octanol–water partition coefficient (Wildman–Crippen LogP) is 3.65. The van der Waals surface area contributed by atoms with Gasteiger partial charge in [-0.3, -0.25) is 0 Å². The first-order valence-corrected chi connectivity index (χ1v) is 6.91. The van der Waals surface area contributed by atoms with Crippen LogP contribution in [-0.2, 0) is 12.0 Å². The Labute approximate surface area is 116 Å². The van der Waals surface area contributed by atoms with Crippen molar-refractivity contribution in [2.75, 3.05) is 7.11 Å². The summed E-state index contributed by atoms with van der Waals surface area (Å²) in [5.74, 6) is -0.186. The molecule has 1 unspecified atom stereocenters. The minimum Gasteiger partial charge on any atom is -0.494 e. The molecule has 0 fully saturated rings. The second-order valence-corrected chi connectivity index (χ2v) is 5.77. The molecule has 1 aromatic heterocycles. The van der Waals surface area contributed by atoms with E-state index in [2.05, 4.69) is 0 Å². The van der Waals surface area contributed by atoms with Crippen molar-refractivity contribution in [2.24, 2.45) is 0 Å². The van der Waals surface area contributed by atoms with E-state index < -0.39 is 11.4 Å². The summed E-state index contributed by atoms with van der Waals surface area (Å²) >= 11 is 1.52. The highest BCUT2D eigenvalue weighted by atomic mass is 32.1. The molecule has 0 aliphatic rings. The third-order valence-electron chi connectivity index (χ3n) is 3.12. The van der Waals surface area contributed by atoms with Crippen LogP contribution in [-0.4, -0.2) is 12.2 Å². The molecule has 19 heavy (non-hydrogen) atoms. The first kappa shape index (κ1) is 14.0. The molecule has 2 nitrogen and oxygen atoms in total. The number of aliphatic hydroxyl groups is 1. The molecule has 1 aromatic carbocycles. The number of halogens is 1. The summed E-state index contributed by atoms with van der Waals surface area (Å²) in [5, 5.41) is 12.5. The van der Waals surface area contributed by atoms with Crippen LogP contribution in [0.3, 0.4) is 0 Å². The Balaban J connectivity index is 2.25. The number of rotatable bonds is 4. The molecular weight excluding hydrogens is 263 g/mol. The summed E-state index contributed by atoms with van der Waals surface area (Å²) in [6.45, 7) is 3.73. The second-order valence-electron chi connectivity index (χ2n) is 4.85. The summed E-state index contributed by atoms with van der Waals surface area (Å²) in [5.41, 5.74) is 0.819. The SMILES string of the molecule is COc1ccc(CC(C)(O)c2sccc2C)cc1F. The van der Waals surface area contributed by atoms with Gasteiger partial charge in [-0.05, 0) is 48.6 Å². The van der Waals surface area contributed by atoms with Crippen molar-refractivity contribution >= 4 is 11.3 Å². The van der Waals surface area contributed by atoms with Gasteiger partial charge in [0.25, 0.3) is 0 Å². The molecule has 4 heteroatoms. The van der Waals surface area contributed by atoms with Crippen LogP contribution in [0.1, 0.15) is 22.9 Å². The van der Waals surface area contributed by atoms with E-state index >= 15 is 0 Å². The van der Waals surface area contributed by atoms with Crippen molar-refractivity contribution in [1.29, 1.82) is 0 Å². The highest BCUT2D eigenvalue weighted by Crippen LogP contribution is 2.32. The van der Waals surface area contributed by atoms with E-state index in [-0.39, 0.29) is 5.75 Å². The van der Waals surface area contributed by atoms with E-state index in [1.54, 1.807) is 19.1 Å². The van der Waals surface area contributed by atoms with E-state index in [0.29, 0.717) is 6.42 Å². The summed E-state index contributed by atoms with van der Waals surface area (Å²) in [4.78, 5) is 0.920. The van der Waals surface area contributed by atoms with Gasteiger partial charge in [0.05, 0.1) is 7.11 Å². The maximum Gasteiger partial charge on any atom is 0.165 e. The Kier molecular flexibility index (Phi) is 3.92. The third-order valence-corrected chi connectivity index (χ3v) is 4.39. The molecule has 2 aromatic rings. The van der Waals surface area contributed by atoms with Gasteiger partial charge in [-0.2, -0.15) is 0 Å². The van der Waals surface area contributed by atoms with Crippen molar-refractivity contribution in [3.8, 4) is 5.75 Å². The average Bonchev–Trinajstić information content (AvgIpc) is 2.76. The molecule has 0 saturated carbocycles. The number of benzene rings is 1. The maximum atomic E-state index is 13.6. The maximum absolute atomic E-state index is 13.6. The Hall–Kier alpha value is -1.39. The molecule has 0 spiro atoms. The van der Waals surface area contributed by atoms with Crippen LogP contribution in [0, 0.1) is 12.7 Å². The van der Waals surface area contributed by atoms with Gasteiger partial charge in [0.2, 0.25) is 0 Å². The normalized spacial score (nSPS) is 14.2. The van der Waals surface area contributed by atoms with E-state index in [4.69, 9.17) is 4.74 Å². The Morgan fingerprint density at radius 1 is 1.37 bits per heavy atom. The van der Waals surface area contributed by atoms with E-state index in [0.717, 1.165) is 16.0 Å². The fourth-order valence-corrected chi connectivity index (χ4v) is 3.21. The highest BCUT2D eigenvalue weighted by molar-refractivity contribution is 7.10. The molecule has 0 aliphatic carbocycles. The van der Waals surface area contributed by atoms with Crippen molar-refractivity contribution in [1.82, 2.24) is 0 Å². The van der Waals surface area contributed by atoms with Gasteiger partial charge in [0.15, 0.2) is 11.6 Å². The molecule has 1 atom stereocenters. The lowest BCUT2D eigenvalue weighted by Crippen LogP contribution is -2.23. The average molecular weight is 280 g/mol. The zero-order valence-corrected chi connectivity index (χ0v) is 12.1. The molecule has 102 valence electrons. The molecule has 2 rings (SSSR count). The number of thiophene rings is 1. The molecule has 0 saturated heterocycles. The van der Waals surface area contributed by atoms with E-state index in [1.807, 2.05) is 18.4 Å². The number of hydrogen-bond donors (Lipinski definition) is 1. The van der Waals surface area contributed by atoms with Gasteiger partial charge >= 0.3 is 0 Å². The monoisotopic (exact) mass is 280 g/mol. The van der Waals surface area contributed by atoms with Gasteiger partial charge in [-0.1, -0.05) is 6.07 Å². The number of aryl methyl sites for hydroxylation is 1. The lowest BCUT2D eigenvalue weighted by Gasteiger charge is -2.23. The summed E-state index contributed by atoms with van der Waals surface area (Å²) < 4.78 is 18.5. The first-order chi connectivity index (χ1) is 8.94. The lowest BCUT2D eigenvalue weighted by molar-refractivity contribution is 0.0608. The zero-order chi connectivity index (χ0) is 14.0. The zero-order valence-electron chi connectivity index (χ0n) is 11.2. The quantitative estimate of drug-likeness (QED) is 0.926. The van der Waals surface area contributed by atoms with Crippen LogP contribution >= 0.6 is 11.3 Å². The summed E-state index contributed by atoms with van der Waals surface area (Å²) in [6, 6.07) is 6.75. The van der Waals surface area contributed by atoms with Crippen LogP contribution in [0.15, 0.2) is 29.6 Å². The van der Waals surface area contributed by atoms with Gasteiger partial charge in [0.1, 0.15) is 5.60 Å². The smallest absolute Gasteiger partial charge is 0.165 e. The topological polar surface area (TPSA) is 29.5 Å². The molecule has 1 N–H and O–H groups in total. The fraction of sp³-hybridized carbons (Fsp3) is 0.333. The van der Waals surface area contributed by atoms with Crippen LogP contribution < -0.4 is 4.74 Å². The number of methoxy groups -OCH3 is 1. The third kappa shape index (κ3) is 2.96. The van der Waals surface area contributed by atoms with Crippen LogP contribution in [0.4, 0.5) is 4.39 Å². The van der Waals surface area contributed by atoms with Gasteiger partial charge in [-0.25, -0.2) is 4.39 Å². The van der Waals surface area contributed by atoms with Crippen molar-refractivity contribution < 1.29 is 14.2 Å². The van der Waals surface area contributed by atoms with Crippen LogP contribution in [0.2, 0.25) is 0 Å². The molecule has 0 aliphatic heterocycles. The molecule has 0 radical (unpaired) electrons. The molecule has 0 bridgehead atoms. The molecule has 1 heterocycles. The van der Waals surface area contributed by atoms with Gasteiger partial charge < -0.3 is 9.84 Å². The van der Waals surface area contributed by atoms with E-state index in [9.17, 15) is 9.50 Å². The minimum absolute atomic E-state index is 0.218. The Bertz CT molecular complexity index is 575. The predicted molar refractivity (Wildman–Crippen MR) is 75.3 cm³/mol. The highest BCUT2D eigenvalue weighted by Gasteiger charge is 2.27. The lowest BCUT2D eigenvalue weighted by atomic mass is 9.93. The van der Waals surface area contributed by atoms with Crippen molar-refractivity contribution in [2.45, 2.75) is 25.9 Å². The second kappa shape index (κ2) is 5.31. The fourth-order valence-electron chi connectivity index (χ4n) is 2.22. The summed E-state index contributed by atoms with van der Waals surface area (Å²) in [6.07, 6.45) is 0.370. The van der Waals surface area contributed by atoms with Crippen LogP contribution in [0.25, 0.3) is 0 Å². The van der Waals surface area contributed by atoms with E-state index in [1.165, 1.54) is 24.5 Å². The minimum atomic E-state index is -0.987. The van der Waals surface area contributed by atoms with Crippen molar-refractivity contribution in [3.05, 3.63) is 51.5 Å². The standard InChI is InChI=1S/C15H17FO2S/c1-10-6-7-19-14(10)15(2,17)9-11-4-5-13(18-3)12(16)8-11/h4-8,17H,9H2,1-3H3. The largest absolute Gasteiger partial charge is 0.494 e. The first-order valence-electron chi connectivity index (χ1n) is 6.03. The number of ether oxygens (including phenoxy) is 1. The van der Waals surface area contributed by atoms with Gasteiger partial charge in [0, 0.05) is 11.3 Å². The molecular formula is C15H17FO2S. The van der Waals surface area contributed by atoms with Crippen molar-refractivity contribution in [3.63, 3.8) is 0 Å². The Morgan fingerprint density at radius 3 is 2.63 bits per heavy atom. The summed E-state index contributed by atoms with van der Waals surface area (Å²) in [7, 11) is 1.43. The number of hydrogen-bond acceptors (Lipinski definition) is 3. The van der Waals surface area contributed by atoms with Crippen LogP contribution in [0.5, 0.6) is 5.75 Å². The Morgan fingerprint density at radius 2 is 2.11 bits per heavy atom. The van der Waals surface area contributed by atoms with Gasteiger partial charge in [-0.15, -0.1) is 11.3 Å².